The molecule has 4 N–H and O–H groups in total. The predicted molar refractivity (Wildman–Crippen MR) is 207 cm³/mol. The van der Waals surface area contributed by atoms with Crippen LogP contribution in [0.15, 0.2) is 48.7 Å². The van der Waals surface area contributed by atoms with Crippen molar-refractivity contribution in [2.24, 2.45) is 23.7 Å². The number of hydrogen-bond donors (Lipinski definition) is 4. The summed E-state index contributed by atoms with van der Waals surface area (Å²) in [5.41, 5.74) is 5.12. The highest BCUT2D eigenvalue weighted by Gasteiger charge is 2.57. The highest BCUT2D eigenvalue weighted by Crippen LogP contribution is 2.54. The number of alkyl carbamates (subject to hydrolysis) is 2. The van der Waals surface area contributed by atoms with Crippen molar-refractivity contribution in [2.75, 3.05) is 14.2 Å². The molecule has 4 heterocycles. The molecule has 0 bridgehead atoms. The Balaban J connectivity index is 0.944. The number of aromatic nitrogens is 4. The second kappa shape index (κ2) is 14.7. The molecule has 2 saturated heterocycles. The maximum absolute atomic E-state index is 13.8. The van der Waals surface area contributed by atoms with Crippen LogP contribution in [0.2, 0.25) is 0 Å². The molecule has 14 heteroatoms. The zero-order valence-corrected chi connectivity index (χ0v) is 32.5. The van der Waals surface area contributed by atoms with E-state index in [-0.39, 0.29) is 47.8 Å². The van der Waals surface area contributed by atoms with E-state index in [1.54, 1.807) is 6.20 Å². The molecule has 4 fully saturated rings. The van der Waals surface area contributed by atoms with Gasteiger partial charge in [0.2, 0.25) is 11.8 Å². The van der Waals surface area contributed by atoms with E-state index in [1.165, 1.54) is 14.2 Å². The number of H-pyrrole nitrogens is 2. The lowest BCUT2D eigenvalue weighted by Gasteiger charge is -2.31. The molecule has 14 nitrogen and oxygen atoms in total. The SMILES string of the molecule is COC(=O)N[C@H](C(=O)N1[C@@H]2CC2C[C@H]1c1nc2ccc(C#Cc3ccc(-c4cnc([C@@H]5C[C@H]6C[C@H]6N5C(=O)[C@@H](NC(=O)OC)C(C)C)[nH]4)cc3)cc2[nH]1)C(C)C. The van der Waals surface area contributed by atoms with Crippen LogP contribution in [0, 0.1) is 35.5 Å². The van der Waals surface area contributed by atoms with E-state index in [4.69, 9.17) is 19.4 Å². The van der Waals surface area contributed by atoms with E-state index in [1.807, 2.05) is 80.0 Å². The lowest BCUT2D eigenvalue weighted by molar-refractivity contribution is -0.137. The van der Waals surface area contributed by atoms with Gasteiger partial charge in [-0.1, -0.05) is 51.7 Å². The predicted octanol–water partition coefficient (Wildman–Crippen LogP) is 5.44. The summed E-state index contributed by atoms with van der Waals surface area (Å²) in [7, 11) is 2.59. The number of rotatable bonds is 9. The molecule has 2 aromatic heterocycles. The van der Waals surface area contributed by atoms with Crippen LogP contribution in [0.4, 0.5) is 9.59 Å². The Hall–Kier alpha value is -5.84. The average Bonchev–Trinajstić information content (AvgIpc) is 3.82. The number of benzene rings is 2. The monoisotopic (exact) mass is 760 g/mol. The number of carbonyl (C=O) groups is 4. The Bertz CT molecular complexity index is 2230. The fourth-order valence-corrected chi connectivity index (χ4v) is 8.55. The number of carbonyl (C=O) groups excluding carboxylic acids is 4. The lowest BCUT2D eigenvalue weighted by atomic mass is 10.0. The number of hydrogen-bond acceptors (Lipinski definition) is 8. The molecule has 8 atom stereocenters. The van der Waals surface area contributed by atoms with Crippen molar-refractivity contribution in [3.63, 3.8) is 0 Å². The van der Waals surface area contributed by atoms with E-state index in [2.05, 4.69) is 32.4 Å². The Morgan fingerprint density at radius 3 is 1.82 bits per heavy atom. The second-order valence-corrected chi connectivity index (χ2v) is 16.2. The number of likely N-dealkylation sites (tertiary alicyclic amines) is 2. The Labute approximate surface area is 325 Å². The van der Waals surface area contributed by atoms with Crippen LogP contribution in [0.1, 0.15) is 88.2 Å². The van der Waals surface area contributed by atoms with E-state index >= 15 is 0 Å². The molecule has 0 spiro atoms. The first-order chi connectivity index (χ1) is 26.9. The quantitative estimate of drug-likeness (QED) is 0.163. The summed E-state index contributed by atoms with van der Waals surface area (Å²) in [6.45, 7) is 7.65. The Morgan fingerprint density at radius 1 is 0.732 bits per heavy atom. The van der Waals surface area contributed by atoms with Gasteiger partial charge in [0.05, 0.1) is 49.2 Å². The van der Waals surface area contributed by atoms with Crippen molar-refractivity contribution in [1.82, 2.24) is 40.4 Å². The highest BCUT2D eigenvalue weighted by atomic mass is 16.5. The van der Waals surface area contributed by atoms with Crippen LogP contribution in [-0.4, -0.2) is 92.1 Å². The summed E-state index contributed by atoms with van der Waals surface area (Å²) >= 11 is 0. The number of imidazole rings is 2. The summed E-state index contributed by atoms with van der Waals surface area (Å²) in [6.07, 6.45) is 4.17. The van der Waals surface area contributed by atoms with Gasteiger partial charge in [0.15, 0.2) is 0 Å². The summed E-state index contributed by atoms with van der Waals surface area (Å²) in [6, 6.07) is 12.4. The van der Waals surface area contributed by atoms with Gasteiger partial charge in [-0.15, -0.1) is 0 Å². The second-order valence-electron chi connectivity index (χ2n) is 16.2. The summed E-state index contributed by atoms with van der Waals surface area (Å²) in [5, 5.41) is 5.46. The number of piperidine rings is 2. The van der Waals surface area contributed by atoms with Crippen LogP contribution in [0.5, 0.6) is 0 Å². The van der Waals surface area contributed by atoms with Gasteiger partial charge in [0, 0.05) is 23.2 Å². The molecule has 292 valence electrons. The van der Waals surface area contributed by atoms with Crippen molar-refractivity contribution in [1.29, 1.82) is 0 Å². The van der Waals surface area contributed by atoms with E-state index in [0.717, 1.165) is 70.7 Å². The van der Waals surface area contributed by atoms with E-state index < -0.39 is 24.3 Å². The van der Waals surface area contributed by atoms with Gasteiger partial charge in [-0.2, -0.15) is 0 Å². The maximum atomic E-state index is 13.8. The highest BCUT2D eigenvalue weighted by molar-refractivity contribution is 5.88. The van der Waals surface area contributed by atoms with Gasteiger partial charge in [-0.3, -0.25) is 9.59 Å². The number of ether oxygens (including phenoxy) is 2. The Morgan fingerprint density at radius 2 is 1.27 bits per heavy atom. The van der Waals surface area contributed by atoms with Crippen molar-refractivity contribution < 1.29 is 28.7 Å². The average molecular weight is 761 g/mol. The Kier molecular flexibility index (Phi) is 9.72. The number of nitrogens with zero attached hydrogens (tertiary/aromatic N) is 4. The topological polar surface area (TPSA) is 175 Å². The van der Waals surface area contributed by atoms with Crippen LogP contribution >= 0.6 is 0 Å². The molecule has 2 aliphatic heterocycles. The smallest absolute Gasteiger partial charge is 0.407 e. The molecule has 1 unspecified atom stereocenters. The first-order valence-corrected chi connectivity index (χ1v) is 19.4. The molecule has 4 aliphatic rings. The first-order valence-electron chi connectivity index (χ1n) is 19.4. The third-order valence-electron chi connectivity index (χ3n) is 11.8. The van der Waals surface area contributed by atoms with Gasteiger partial charge in [-0.05, 0) is 85.3 Å². The van der Waals surface area contributed by atoms with Gasteiger partial charge in [0.1, 0.15) is 23.7 Å². The molecule has 4 aromatic rings. The lowest BCUT2D eigenvalue weighted by Crippen LogP contribution is -2.52. The number of aromatic amines is 2. The van der Waals surface area contributed by atoms with Crippen LogP contribution in [0.25, 0.3) is 22.3 Å². The van der Waals surface area contributed by atoms with Gasteiger partial charge >= 0.3 is 12.2 Å². The minimum atomic E-state index is -0.686. The van der Waals surface area contributed by atoms with Crippen molar-refractivity contribution >= 4 is 35.0 Å². The number of methoxy groups -OCH3 is 2. The minimum absolute atomic E-state index is 0.102. The molecular formula is C42H48N8O6. The molecule has 8 rings (SSSR count). The summed E-state index contributed by atoms with van der Waals surface area (Å²) < 4.78 is 9.57. The molecule has 2 aromatic carbocycles. The zero-order chi connectivity index (χ0) is 39.4. The van der Waals surface area contributed by atoms with Crippen LogP contribution < -0.4 is 10.6 Å². The van der Waals surface area contributed by atoms with E-state index in [0.29, 0.717) is 11.8 Å². The normalized spacial score (nSPS) is 24.2. The molecule has 4 amide bonds. The fraction of sp³-hybridized carbons (Fsp3) is 0.476. The first kappa shape index (κ1) is 37.1. The molecule has 56 heavy (non-hydrogen) atoms. The van der Waals surface area contributed by atoms with Crippen molar-refractivity contribution in [2.45, 2.75) is 89.6 Å². The van der Waals surface area contributed by atoms with E-state index in [9.17, 15) is 19.2 Å². The minimum Gasteiger partial charge on any atom is -0.453 e. The van der Waals surface area contributed by atoms with Crippen molar-refractivity contribution in [3.05, 3.63) is 71.4 Å². The van der Waals surface area contributed by atoms with Crippen molar-refractivity contribution in [3.8, 4) is 23.1 Å². The zero-order valence-electron chi connectivity index (χ0n) is 32.5. The number of amides is 4. The van der Waals surface area contributed by atoms with Gasteiger partial charge in [0.25, 0.3) is 0 Å². The molecular weight excluding hydrogens is 713 g/mol. The molecule has 0 radical (unpaired) electrons. The fourth-order valence-electron chi connectivity index (χ4n) is 8.55. The summed E-state index contributed by atoms with van der Waals surface area (Å²) in [5.74, 6) is 8.47. The number of fused-ring (bicyclic) bond motifs is 3. The maximum Gasteiger partial charge on any atom is 0.407 e. The van der Waals surface area contributed by atoms with Crippen LogP contribution in [0.3, 0.4) is 0 Å². The van der Waals surface area contributed by atoms with Gasteiger partial charge < -0.3 is 39.9 Å². The largest absolute Gasteiger partial charge is 0.453 e. The summed E-state index contributed by atoms with van der Waals surface area (Å²) in [4.78, 5) is 71.9. The molecule has 2 saturated carbocycles. The third kappa shape index (κ3) is 7.06. The van der Waals surface area contributed by atoms with Crippen LogP contribution in [-0.2, 0) is 19.1 Å². The van der Waals surface area contributed by atoms with Gasteiger partial charge in [-0.25, -0.2) is 19.6 Å². The number of nitrogens with one attached hydrogen (secondary N) is 4. The molecule has 2 aliphatic carbocycles. The third-order valence-corrected chi connectivity index (χ3v) is 11.8. The standard InChI is InChI=1S/C42H48N8O6/c1-21(2)35(47-41(53)55-5)39(51)49-31-16-26(31)18-33(49)37-43-20-30(46-37)25-12-9-23(10-13-25)7-8-24-11-14-28-29(15-24)45-38(44-28)34-19-27-17-32(27)50(34)40(52)36(22(3)4)48-42(54)56-6/h9-15,20-22,26-27,31-36H,16-19H2,1-6H3,(H,43,46)(H,44,45)(H,47,53)(H,48,54)/t26-,27?,31-,32-,33+,34+,35+,36+/m1/s1.